The Morgan fingerprint density at radius 1 is 0.944 bits per heavy atom. The van der Waals surface area contributed by atoms with Crippen LogP contribution < -0.4 is 5.32 Å². The van der Waals surface area contributed by atoms with Gasteiger partial charge in [0.25, 0.3) is 0 Å². The Labute approximate surface area is 114 Å². The molecule has 2 fully saturated rings. The van der Waals surface area contributed by atoms with Crippen LogP contribution >= 0.6 is 0 Å². The lowest BCUT2D eigenvalue weighted by molar-refractivity contribution is 0.123. The first kappa shape index (κ1) is 14.3. The number of hydrogen-bond donors (Lipinski definition) is 1. The Kier molecular flexibility index (Phi) is 5.50. The van der Waals surface area contributed by atoms with Gasteiger partial charge in [-0.2, -0.15) is 0 Å². The summed E-state index contributed by atoms with van der Waals surface area (Å²) >= 11 is 0. The molecule has 1 aliphatic heterocycles. The molecule has 0 radical (unpaired) electrons. The molecule has 0 aromatic heterocycles. The van der Waals surface area contributed by atoms with Crippen molar-refractivity contribution in [1.82, 2.24) is 10.2 Å². The third-order valence-corrected chi connectivity index (χ3v) is 4.91. The molecule has 0 amide bonds. The number of nitrogens with zero attached hydrogens (tertiary/aromatic N) is 1. The van der Waals surface area contributed by atoms with E-state index in [1.165, 1.54) is 58.4 Å². The van der Waals surface area contributed by atoms with E-state index in [-0.39, 0.29) is 0 Å². The first-order valence-electron chi connectivity index (χ1n) is 8.08. The SMILES string of the molecule is CC1CNCC(C)CN(CC2CCCCC2C)C1. The van der Waals surface area contributed by atoms with Crippen LogP contribution in [0.3, 0.4) is 0 Å². The van der Waals surface area contributed by atoms with Crippen molar-refractivity contribution in [2.45, 2.75) is 46.5 Å². The third-order valence-electron chi connectivity index (χ3n) is 4.91. The monoisotopic (exact) mass is 252 g/mol. The summed E-state index contributed by atoms with van der Waals surface area (Å²) in [5, 5.41) is 3.59. The zero-order valence-electron chi connectivity index (χ0n) is 12.6. The van der Waals surface area contributed by atoms with Crippen LogP contribution in [0, 0.1) is 23.7 Å². The second-order valence-corrected chi connectivity index (χ2v) is 7.11. The Bertz CT molecular complexity index is 229. The van der Waals surface area contributed by atoms with Gasteiger partial charge in [0.15, 0.2) is 0 Å². The second kappa shape index (κ2) is 6.91. The molecule has 0 aromatic carbocycles. The molecule has 2 nitrogen and oxygen atoms in total. The topological polar surface area (TPSA) is 15.3 Å². The van der Waals surface area contributed by atoms with E-state index < -0.39 is 0 Å². The zero-order chi connectivity index (χ0) is 13.0. The maximum absolute atomic E-state index is 3.59. The van der Waals surface area contributed by atoms with Gasteiger partial charge in [0.05, 0.1) is 0 Å². The van der Waals surface area contributed by atoms with Crippen LogP contribution in [-0.2, 0) is 0 Å². The summed E-state index contributed by atoms with van der Waals surface area (Å²) in [5.41, 5.74) is 0. The van der Waals surface area contributed by atoms with Crippen LogP contribution in [0.15, 0.2) is 0 Å². The lowest BCUT2D eigenvalue weighted by atomic mass is 9.80. The Morgan fingerprint density at radius 3 is 2.17 bits per heavy atom. The van der Waals surface area contributed by atoms with Gasteiger partial charge >= 0.3 is 0 Å². The van der Waals surface area contributed by atoms with Crippen LogP contribution in [0.5, 0.6) is 0 Å². The third kappa shape index (κ3) is 4.24. The molecular formula is C16H32N2. The quantitative estimate of drug-likeness (QED) is 0.813. The van der Waals surface area contributed by atoms with E-state index in [0.29, 0.717) is 0 Å². The van der Waals surface area contributed by atoms with Crippen LogP contribution in [0.25, 0.3) is 0 Å². The minimum absolute atomic E-state index is 0.802. The second-order valence-electron chi connectivity index (χ2n) is 7.11. The highest BCUT2D eigenvalue weighted by molar-refractivity contribution is 4.79. The van der Waals surface area contributed by atoms with E-state index in [2.05, 4.69) is 31.0 Å². The fraction of sp³-hybridized carbons (Fsp3) is 1.00. The standard InChI is InChI=1S/C16H32N2/c1-13-8-17-9-14(2)11-18(10-13)12-16-7-5-4-6-15(16)3/h13-17H,4-12H2,1-3H3. The molecule has 0 aromatic rings. The summed E-state index contributed by atoms with van der Waals surface area (Å²) in [6.45, 7) is 13.6. The minimum atomic E-state index is 0.802. The van der Waals surface area contributed by atoms with E-state index in [1.54, 1.807) is 0 Å². The molecule has 2 aliphatic rings. The van der Waals surface area contributed by atoms with Crippen molar-refractivity contribution < 1.29 is 0 Å². The number of nitrogens with one attached hydrogen (secondary N) is 1. The molecule has 1 saturated heterocycles. The molecule has 2 heteroatoms. The summed E-state index contributed by atoms with van der Waals surface area (Å²) in [4.78, 5) is 2.77. The normalized spacial score (nSPS) is 40.2. The summed E-state index contributed by atoms with van der Waals surface area (Å²) in [5.74, 6) is 3.52. The van der Waals surface area contributed by atoms with Crippen molar-refractivity contribution in [2.75, 3.05) is 32.7 Å². The van der Waals surface area contributed by atoms with Gasteiger partial charge in [0.2, 0.25) is 0 Å². The Hall–Kier alpha value is -0.0800. The average Bonchev–Trinajstić information content (AvgIpc) is 2.30. The van der Waals surface area contributed by atoms with Gasteiger partial charge in [-0.05, 0) is 43.2 Å². The van der Waals surface area contributed by atoms with E-state index >= 15 is 0 Å². The predicted octanol–water partition coefficient (Wildman–Crippen LogP) is 2.99. The Morgan fingerprint density at radius 2 is 1.56 bits per heavy atom. The molecule has 1 aliphatic carbocycles. The zero-order valence-corrected chi connectivity index (χ0v) is 12.6. The molecule has 18 heavy (non-hydrogen) atoms. The summed E-state index contributed by atoms with van der Waals surface area (Å²) in [6.07, 6.45) is 5.87. The van der Waals surface area contributed by atoms with E-state index in [0.717, 1.165) is 23.7 Å². The highest BCUT2D eigenvalue weighted by atomic mass is 15.1. The van der Waals surface area contributed by atoms with E-state index in [4.69, 9.17) is 0 Å². The van der Waals surface area contributed by atoms with Gasteiger partial charge in [-0.1, -0.05) is 40.0 Å². The first-order chi connectivity index (χ1) is 8.65. The van der Waals surface area contributed by atoms with Crippen LogP contribution in [-0.4, -0.2) is 37.6 Å². The van der Waals surface area contributed by atoms with Crippen LogP contribution in [0.1, 0.15) is 46.5 Å². The van der Waals surface area contributed by atoms with Crippen molar-refractivity contribution in [1.29, 1.82) is 0 Å². The van der Waals surface area contributed by atoms with E-state index in [1.807, 2.05) is 0 Å². The highest BCUT2D eigenvalue weighted by Crippen LogP contribution is 2.30. The van der Waals surface area contributed by atoms with Gasteiger partial charge in [0, 0.05) is 19.6 Å². The molecule has 0 spiro atoms. The predicted molar refractivity (Wildman–Crippen MR) is 78.8 cm³/mol. The van der Waals surface area contributed by atoms with Gasteiger partial charge in [-0.25, -0.2) is 0 Å². The van der Waals surface area contributed by atoms with Crippen LogP contribution in [0.2, 0.25) is 0 Å². The largest absolute Gasteiger partial charge is 0.316 e. The van der Waals surface area contributed by atoms with E-state index in [9.17, 15) is 0 Å². The molecule has 1 heterocycles. The van der Waals surface area contributed by atoms with Gasteiger partial charge in [-0.3, -0.25) is 0 Å². The van der Waals surface area contributed by atoms with Crippen LogP contribution in [0.4, 0.5) is 0 Å². The minimum Gasteiger partial charge on any atom is -0.316 e. The average molecular weight is 252 g/mol. The first-order valence-corrected chi connectivity index (χ1v) is 8.08. The number of rotatable bonds is 2. The maximum atomic E-state index is 3.59. The fourth-order valence-electron chi connectivity index (χ4n) is 3.81. The van der Waals surface area contributed by atoms with Crippen molar-refractivity contribution >= 4 is 0 Å². The highest BCUT2D eigenvalue weighted by Gasteiger charge is 2.25. The molecule has 4 atom stereocenters. The smallest absolute Gasteiger partial charge is 0.00194 e. The molecule has 2 rings (SSSR count). The molecular weight excluding hydrogens is 220 g/mol. The maximum Gasteiger partial charge on any atom is 0.00194 e. The fourth-order valence-corrected chi connectivity index (χ4v) is 3.81. The van der Waals surface area contributed by atoms with Gasteiger partial charge in [0.1, 0.15) is 0 Å². The molecule has 4 unspecified atom stereocenters. The van der Waals surface area contributed by atoms with Crippen molar-refractivity contribution in [3.8, 4) is 0 Å². The van der Waals surface area contributed by atoms with Crippen molar-refractivity contribution in [2.24, 2.45) is 23.7 Å². The summed E-state index contributed by atoms with van der Waals surface area (Å²) in [6, 6.07) is 0. The lowest BCUT2D eigenvalue weighted by Crippen LogP contribution is -2.45. The lowest BCUT2D eigenvalue weighted by Gasteiger charge is -2.37. The molecule has 1 saturated carbocycles. The molecule has 0 bridgehead atoms. The molecule has 1 N–H and O–H groups in total. The Balaban J connectivity index is 1.87. The van der Waals surface area contributed by atoms with Gasteiger partial charge < -0.3 is 10.2 Å². The summed E-state index contributed by atoms with van der Waals surface area (Å²) < 4.78 is 0. The molecule has 106 valence electrons. The number of hydrogen-bond acceptors (Lipinski definition) is 2. The van der Waals surface area contributed by atoms with Gasteiger partial charge in [-0.15, -0.1) is 0 Å². The van der Waals surface area contributed by atoms with Crippen molar-refractivity contribution in [3.63, 3.8) is 0 Å². The summed E-state index contributed by atoms with van der Waals surface area (Å²) in [7, 11) is 0. The van der Waals surface area contributed by atoms with Crippen molar-refractivity contribution in [3.05, 3.63) is 0 Å².